The molecule has 3 rings (SSSR count). The molecule has 124 valence electrons. The fourth-order valence-corrected chi connectivity index (χ4v) is 3.33. The van der Waals surface area contributed by atoms with Crippen LogP contribution in [0, 0.1) is 0 Å². The van der Waals surface area contributed by atoms with Crippen molar-refractivity contribution < 1.29 is 17.9 Å². The maximum Gasteiger partial charge on any atom is 0.257 e. The summed E-state index contributed by atoms with van der Waals surface area (Å²) in [6, 6.07) is 13.2. The van der Waals surface area contributed by atoms with Crippen LogP contribution >= 0.6 is 0 Å². The molecule has 7 heteroatoms. The molecule has 1 aliphatic heterocycles. The predicted molar refractivity (Wildman–Crippen MR) is 91.3 cm³/mol. The fourth-order valence-electron chi connectivity index (χ4n) is 2.44. The molecule has 2 aromatic carbocycles. The van der Waals surface area contributed by atoms with Crippen LogP contribution in [0.25, 0.3) is 0 Å². The van der Waals surface area contributed by atoms with Crippen molar-refractivity contribution in [3.8, 4) is 0 Å². The van der Waals surface area contributed by atoms with Crippen LogP contribution in [0.15, 0.2) is 58.4 Å². The predicted octanol–water partition coefficient (Wildman–Crippen LogP) is 2.12. The van der Waals surface area contributed by atoms with E-state index in [1.165, 1.54) is 12.1 Å². The average molecular weight is 344 g/mol. The highest BCUT2D eigenvalue weighted by atomic mass is 32.2. The van der Waals surface area contributed by atoms with Crippen molar-refractivity contribution in [2.45, 2.75) is 4.90 Å². The van der Waals surface area contributed by atoms with Crippen LogP contribution in [-0.4, -0.2) is 39.6 Å². The van der Waals surface area contributed by atoms with Gasteiger partial charge in [-0.2, -0.15) is 0 Å². The molecule has 0 radical (unpaired) electrons. The number of rotatable bonds is 4. The minimum absolute atomic E-state index is 0.00515. The Balaban J connectivity index is 1.95. The van der Waals surface area contributed by atoms with E-state index in [4.69, 9.17) is 4.74 Å². The quantitative estimate of drug-likeness (QED) is 0.921. The first kappa shape index (κ1) is 16.2. The number of nitrogens with one attached hydrogen (secondary N) is 1. The molecule has 0 aliphatic carbocycles. The van der Waals surface area contributed by atoms with Gasteiger partial charge in [-0.1, -0.05) is 24.3 Å². The zero-order chi connectivity index (χ0) is 17.2. The van der Waals surface area contributed by atoms with Crippen LogP contribution in [0.4, 0.5) is 5.69 Å². The number of nitrogens with zero attached hydrogens (tertiary/aromatic N) is 1. The third-order valence-electron chi connectivity index (χ3n) is 3.52. The van der Waals surface area contributed by atoms with Crippen molar-refractivity contribution in [3.63, 3.8) is 0 Å². The smallest absolute Gasteiger partial charge is 0.257 e. The van der Waals surface area contributed by atoms with E-state index in [1.807, 2.05) is 6.07 Å². The second-order valence-electron chi connectivity index (χ2n) is 5.30. The number of sulfone groups is 1. The van der Waals surface area contributed by atoms with Crippen LogP contribution in [0.3, 0.4) is 0 Å². The molecule has 0 spiro atoms. The summed E-state index contributed by atoms with van der Waals surface area (Å²) < 4.78 is 29.2. The molecule has 0 aromatic heterocycles. The second-order valence-corrected chi connectivity index (χ2v) is 7.29. The monoisotopic (exact) mass is 344 g/mol. The standard InChI is InChI=1S/C17H16N2O4S/c1-24(21,22)15-9-5-3-7-13(15)16(20)19-14-8-4-2-6-12(14)17-18-10-11-23-17/h2-9H,10-11H2,1H3,(H,19,20). The lowest BCUT2D eigenvalue weighted by Gasteiger charge is -2.12. The Bertz CT molecular complexity index is 920. The largest absolute Gasteiger partial charge is 0.475 e. The highest BCUT2D eigenvalue weighted by Gasteiger charge is 2.20. The van der Waals surface area contributed by atoms with Gasteiger partial charge in [-0.25, -0.2) is 13.4 Å². The van der Waals surface area contributed by atoms with Gasteiger partial charge in [0.05, 0.1) is 28.3 Å². The SMILES string of the molecule is CS(=O)(=O)c1ccccc1C(=O)Nc1ccccc1C1=NCCO1. The third kappa shape index (κ3) is 3.30. The molecule has 0 bridgehead atoms. The molecule has 24 heavy (non-hydrogen) atoms. The van der Waals surface area contributed by atoms with Crippen LogP contribution < -0.4 is 5.32 Å². The maximum atomic E-state index is 12.6. The van der Waals surface area contributed by atoms with Crippen LogP contribution in [0.1, 0.15) is 15.9 Å². The number of hydrogen-bond donors (Lipinski definition) is 1. The number of hydrogen-bond acceptors (Lipinski definition) is 5. The van der Waals surface area contributed by atoms with Gasteiger partial charge < -0.3 is 10.1 Å². The van der Waals surface area contributed by atoms with Gasteiger partial charge in [0.25, 0.3) is 5.91 Å². The topological polar surface area (TPSA) is 84.8 Å². The van der Waals surface area contributed by atoms with E-state index in [-0.39, 0.29) is 10.5 Å². The van der Waals surface area contributed by atoms with Crippen molar-refractivity contribution >= 4 is 27.3 Å². The average Bonchev–Trinajstić information content (AvgIpc) is 3.09. The minimum atomic E-state index is -3.51. The van der Waals surface area contributed by atoms with Gasteiger partial charge in [0.15, 0.2) is 9.84 Å². The molecular weight excluding hydrogens is 328 g/mol. The summed E-state index contributed by atoms with van der Waals surface area (Å²) in [6.45, 7) is 1.09. The Morgan fingerprint density at radius 1 is 1.12 bits per heavy atom. The van der Waals surface area contributed by atoms with Gasteiger partial charge in [0.1, 0.15) is 6.61 Å². The van der Waals surface area contributed by atoms with E-state index >= 15 is 0 Å². The Morgan fingerprint density at radius 3 is 2.54 bits per heavy atom. The Hall–Kier alpha value is -2.67. The summed E-state index contributed by atoms with van der Waals surface area (Å²) in [5, 5.41) is 2.75. The number of carbonyl (C=O) groups excluding carboxylic acids is 1. The van der Waals surface area contributed by atoms with Crippen LogP contribution in [0.5, 0.6) is 0 Å². The summed E-state index contributed by atoms with van der Waals surface area (Å²) in [7, 11) is -3.51. The lowest BCUT2D eigenvalue weighted by Crippen LogP contribution is -2.18. The highest BCUT2D eigenvalue weighted by molar-refractivity contribution is 7.90. The van der Waals surface area contributed by atoms with Gasteiger partial charge in [-0.15, -0.1) is 0 Å². The first-order valence-electron chi connectivity index (χ1n) is 7.34. The lowest BCUT2D eigenvalue weighted by atomic mass is 10.1. The van der Waals surface area contributed by atoms with E-state index < -0.39 is 15.7 Å². The Kier molecular flexibility index (Phi) is 4.35. The summed E-state index contributed by atoms with van der Waals surface area (Å²) in [5.41, 5.74) is 1.29. The molecule has 0 fully saturated rings. The van der Waals surface area contributed by atoms with Gasteiger partial charge in [-0.05, 0) is 24.3 Å². The first-order valence-corrected chi connectivity index (χ1v) is 9.23. The maximum absolute atomic E-state index is 12.6. The number of ether oxygens (including phenoxy) is 1. The van der Waals surface area contributed by atoms with E-state index in [2.05, 4.69) is 10.3 Å². The molecule has 6 nitrogen and oxygen atoms in total. The van der Waals surface area contributed by atoms with E-state index in [1.54, 1.807) is 30.3 Å². The Labute approximate surface area is 140 Å². The van der Waals surface area contributed by atoms with Crippen molar-refractivity contribution in [1.29, 1.82) is 0 Å². The number of benzene rings is 2. The van der Waals surface area contributed by atoms with Crippen LogP contribution in [-0.2, 0) is 14.6 Å². The van der Waals surface area contributed by atoms with Crippen molar-refractivity contribution in [2.75, 3.05) is 24.7 Å². The van der Waals surface area contributed by atoms with Crippen molar-refractivity contribution in [1.82, 2.24) is 0 Å². The fraction of sp³-hybridized carbons (Fsp3) is 0.176. The Morgan fingerprint density at radius 2 is 1.83 bits per heavy atom. The van der Waals surface area contributed by atoms with E-state index in [0.29, 0.717) is 30.3 Å². The van der Waals surface area contributed by atoms with Gasteiger partial charge in [0, 0.05) is 6.26 Å². The molecule has 0 unspecified atom stereocenters. The van der Waals surface area contributed by atoms with E-state index in [0.717, 1.165) is 6.26 Å². The number of aliphatic imine (C=N–C) groups is 1. The van der Waals surface area contributed by atoms with Crippen molar-refractivity contribution in [3.05, 3.63) is 59.7 Å². The summed E-state index contributed by atoms with van der Waals surface area (Å²) in [4.78, 5) is 16.8. The molecule has 1 aliphatic rings. The van der Waals surface area contributed by atoms with Crippen molar-refractivity contribution in [2.24, 2.45) is 4.99 Å². The molecule has 2 aromatic rings. The van der Waals surface area contributed by atoms with Gasteiger partial charge in [0.2, 0.25) is 5.90 Å². The third-order valence-corrected chi connectivity index (χ3v) is 4.68. The lowest BCUT2D eigenvalue weighted by molar-refractivity contribution is 0.102. The first-order chi connectivity index (χ1) is 11.5. The molecular formula is C17H16N2O4S. The van der Waals surface area contributed by atoms with Gasteiger partial charge >= 0.3 is 0 Å². The summed E-state index contributed by atoms with van der Waals surface area (Å²) in [6.07, 6.45) is 1.08. The molecule has 0 atom stereocenters. The number of para-hydroxylation sites is 1. The van der Waals surface area contributed by atoms with Gasteiger partial charge in [-0.3, -0.25) is 4.79 Å². The molecule has 0 saturated carbocycles. The zero-order valence-corrected chi connectivity index (χ0v) is 13.8. The van der Waals surface area contributed by atoms with Crippen LogP contribution in [0.2, 0.25) is 0 Å². The second kappa shape index (κ2) is 6.45. The van der Waals surface area contributed by atoms with E-state index in [9.17, 15) is 13.2 Å². The zero-order valence-electron chi connectivity index (χ0n) is 13.0. The minimum Gasteiger partial charge on any atom is -0.475 e. The highest BCUT2D eigenvalue weighted by Crippen LogP contribution is 2.21. The summed E-state index contributed by atoms with van der Waals surface area (Å²) in [5.74, 6) is -0.0237. The normalized spacial score (nSPS) is 14.0. The number of carbonyl (C=O) groups is 1. The molecule has 1 amide bonds. The summed E-state index contributed by atoms with van der Waals surface area (Å²) >= 11 is 0. The molecule has 1 heterocycles. The number of anilines is 1. The number of amides is 1. The molecule has 1 N–H and O–H groups in total. The molecule has 0 saturated heterocycles.